The van der Waals surface area contributed by atoms with Gasteiger partial charge in [-0.05, 0) is 23.6 Å². The lowest BCUT2D eigenvalue weighted by atomic mass is 9.98. The minimum atomic E-state index is -0.156. The number of nitrogens with two attached hydrogens (primary N) is 1. The summed E-state index contributed by atoms with van der Waals surface area (Å²) in [4.78, 5) is 13.3. The van der Waals surface area contributed by atoms with E-state index in [-0.39, 0.29) is 5.97 Å². The summed E-state index contributed by atoms with van der Waals surface area (Å²) < 4.78 is 4.64. The molecule has 4 heteroatoms. The van der Waals surface area contributed by atoms with Crippen molar-refractivity contribution in [3.8, 4) is 0 Å². The Balaban J connectivity index is 1.98. The number of anilines is 1. The molecule has 0 unspecified atom stereocenters. The molecule has 0 saturated carbocycles. The fourth-order valence-corrected chi connectivity index (χ4v) is 2.21. The lowest BCUT2D eigenvalue weighted by Crippen LogP contribution is -2.33. The lowest BCUT2D eigenvalue weighted by Gasteiger charge is -2.29. The van der Waals surface area contributed by atoms with Crippen LogP contribution >= 0.6 is 0 Å². The second kappa shape index (κ2) is 5.19. The summed E-state index contributed by atoms with van der Waals surface area (Å²) >= 11 is 0. The molecule has 1 aromatic rings. The van der Waals surface area contributed by atoms with Gasteiger partial charge in [-0.1, -0.05) is 12.1 Å². The molecular formula is C13H18N2O2. The Morgan fingerprint density at radius 2 is 2.35 bits per heavy atom. The Labute approximate surface area is 101 Å². The topological polar surface area (TPSA) is 55.6 Å². The summed E-state index contributed by atoms with van der Waals surface area (Å²) in [5.41, 5.74) is 9.36. The first-order chi connectivity index (χ1) is 8.20. The smallest absolute Gasteiger partial charge is 0.306 e. The maximum absolute atomic E-state index is 11.1. The SMILES string of the molecule is COC(=O)CCN1CCc2cccc(N)c2C1. The third-order valence-corrected chi connectivity index (χ3v) is 3.25. The standard InChI is InChI=1S/C13H18N2O2/c1-17-13(16)6-8-15-7-5-10-3-2-4-12(14)11(10)9-15/h2-4H,5-9,14H2,1H3. The largest absolute Gasteiger partial charge is 0.469 e. The molecule has 2 N–H and O–H groups in total. The normalized spacial score (nSPS) is 15.4. The second-order valence-electron chi connectivity index (χ2n) is 4.34. The molecule has 1 aliphatic heterocycles. The Morgan fingerprint density at radius 3 is 3.12 bits per heavy atom. The van der Waals surface area contributed by atoms with E-state index in [1.54, 1.807) is 0 Å². The Hall–Kier alpha value is -1.55. The van der Waals surface area contributed by atoms with Crippen molar-refractivity contribution in [2.45, 2.75) is 19.4 Å². The fraction of sp³-hybridized carbons (Fsp3) is 0.462. The lowest BCUT2D eigenvalue weighted by molar-refractivity contribution is -0.141. The number of rotatable bonds is 3. The van der Waals surface area contributed by atoms with Crippen molar-refractivity contribution in [2.75, 3.05) is 25.9 Å². The summed E-state index contributed by atoms with van der Waals surface area (Å²) in [6.45, 7) is 2.55. The van der Waals surface area contributed by atoms with Crippen LogP contribution < -0.4 is 5.73 Å². The highest BCUT2D eigenvalue weighted by Gasteiger charge is 2.18. The van der Waals surface area contributed by atoms with Crippen LogP contribution in [0.15, 0.2) is 18.2 Å². The molecule has 0 atom stereocenters. The summed E-state index contributed by atoms with van der Waals surface area (Å²) in [6, 6.07) is 6.06. The van der Waals surface area contributed by atoms with Gasteiger partial charge in [-0.3, -0.25) is 9.69 Å². The van der Waals surface area contributed by atoms with E-state index in [4.69, 9.17) is 5.73 Å². The third-order valence-electron chi connectivity index (χ3n) is 3.25. The molecule has 1 heterocycles. The van der Waals surface area contributed by atoms with Gasteiger partial charge in [-0.2, -0.15) is 0 Å². The maximum Gasteiger partial charge on any atom is 0.306 e. The summed E-state index contributed by atoms with van der Waals surface area (Å²) in [5, 5.41) is 0. The molecule has 0 saturated heterocycles. The quantitative estimate of drug-likeness (QED) is 0.630. The summed E-state index contributed by atoms with van der Waals surface area (Å²) in [7, 11) is 1.42. The highest BCUT2D eigenvalue weighted by atomic mass is 16.5. The maximum atomic E-state index is 11.1. The Bertz CT molecular complexity index is 418. The molecule has 0 amide bonds. The van der Waals surface area contributed by atoms with Gasteiger partial charge in [-0.15, -0.1) is 0 Å². The van der Waals surface area contributed by atoms with Gasteiger partial charge in [0.25, 0.3) is 0 Å². The Kier molecular flexibility index (Phi) is 3.64. The molecule has 1 aliphatic rings. The van der Waals surface area contributed by atoms with Crippen LogP contribution in [-0.4, -0.2) is 31.1 Å². The van der Waals surface area contributed by atoms with E-state index in [9.17, 15) is 4.79 Å². The first-order valence-corrected chi connectivity index (χ1v) is 5.86. The fourth-order valence-electron chi connectivity index (χ4n) is 2.21. The Morgan fingerprint density at radius 1 is 1.53 bits per heavy atom. The van der Waals surface area contributed by atoms with Gasteiger partial charge in [0, 0.05) is 25.3 Å². The van der Waals surface area contributed by atoms with Crippen LogP contribution in [0.4, 0.5) is 5.69 Å². The van der Waals surface area contributed by atoms with Crippen LogP contribution in [-0.2, 0) is 22.5 Å². The van der Waals surface area contributed by atoms with E-state index < -0.39 is 0 Å². The average molecular weight is 234 g/mol. The molecule has 0 aliphatic carbocycles. The predicted octanol–water partition coefficient (Wildman–Crippen LogP) is 1.19. The van der Waals surface area contributed by atoms with Crippen LogP contribution in [0.3, 0.4) is 0 Å². The number of nitrogens with zero attached hydrogens (tertiary/aromatic N) is 1. The van der Waals surface area contributed by atoms with Crippen molar-refractivity contribution in [1.29, 1.82) is 0 Å². The van der Waals surface area contributed by atoms with E-state index in [1.807, 2.05) is 12.1 Å². The first-order valence-electron chi connectivity index (χ1n) is 5.86. The van der Waals surface area contributed by atoms with Crippen LogP contribution in [0.2, 0.25) is 0 Å². The summed E-state index contributed by atoms with van der Waals surface area (Å²) in [6.07, 6.45) is 1.44. The number of ether oxygens (including phenoxy) is 1. The van der Waals surface area contributed by atoms with Gasteiger partial charge < -0.3 is 10.5 Å². The van der Waals surface area contributed by atoms with Crippen molar-refractivity contribution in [2.24, 2.45) is 0 Å². The number of benzene rings is 1. The van der Waals surface area contributed by atoms with Crippen LogP contribution in [0.5, 0.6) is 0 Å². The molecule has 17 heavy (non-hydrogen) atoms. The number of esters is 1. The molecule has 0 fully saturated rings. The van der Waals surface area contributed by atoms with Crippen LogP contribution in [0.25, 0.3) is 0 Å². The zero-order chi connectivity index (χ0) is 12.3. The van der Waals surface area contributed by atoms with Gasteiger partial charge in [-0.25, -0.2) is 0 Å². The van der Waals surface area contributed by atoms with Gasteiger partial charge >= 0.3 is 5.97 Å². The molecular weight excluding hydrogens is 216 g/mol. The molecule has 2 rings (SSSR count). The number of carbonyl (C=O) groups excluding carboxylic acids is 1. The zero-order valence-corrected chi connectivity index (χ0v) is 10.1. The first kappa shape index (κ1) is 11.9. The predicted molar refractivity (Wildman–Crippen MR) is 66.5 cm³/mol. The minimum Gasteiger partial charge on any atom is -0.469 e. The highest BCUT2D eigenvalue weighted by Crippen LogP contribution is 2.24. The van der Waals surface area contributed by atoms with Crippen molar-refractivity contribution in [1.82, 2.24) is 4.90 Å². The number of fused-ring (bicyclic) bond motifs is 1. The highest BCUT2D eigenvalue weighted by molar-refractivity contribution is 5.69. The number of nitrogen functional groups attached to an aromatic ring is 1. The molecule has 0 bridgehead atoms. The molecule has 92 valence electrons. The van der Waals surface area contributed by atoms with Crippen molar-refractivity contribution in [3.05, 3.63) is 29.3 Å². The number of hydrogen-bond donors (Lipinski definition) is 1. The molecule has 1 aromatic carbocycles. The monoisotopic (exact) mass is 234 g/mol. The van der Waals surface area contributed by atoms with Gasteiger partial charge in [0.2, 0.25) is 0 Å². The van der Waals surface area contributed by atoms with E-state index in [1.165, 1.54) is 18.2 Å². The molecule has 0 radical (unpaired) electrons. The third kappa shape index (κ3) is 2.77. The van der Waals surface area contributed by atoms with E-state index in [0.29, 0.717) is 6.42 Å². The van der Waals surface area contributed by atoms with Gasteiger partial charge in [0.05, 0.1) is 13.5 Å². The van der Waals surface area contributed by atoms with Gasteiger partial charge in [0.15, 0.2) is 0 Å². The van der Waals surface area contributed by atoms with Gasteiger partial charge in [0.1, 0.15) is 0 Å². The summed E-state index contributed by atoms with van der Waals surface area (Å²) in [5.74, 6) is -0.156. The average Bonchev–Trinajstić information content (AvgIpc) is 2.36. The number of methoxy groups -OCH3 is 1. The van der Waals surface area contributed by atoms with Crippen molar-refractivity contribution in [3.63, 3.8) is 0 Å². The minimum absolute atomic E-state index is 0.156. The van der Waals surface area contributed by atoms with Crippen LogP contribution in [0, 0.1) is 0 Å². The van der Waals surface area contributed by atoms with E-state index in [0.717, 1.165) is 31.7 Å². The van der Waals surface area contributed by atoms with E-state index >= 15 is 0 Å². The van der Waals surface area contributed by atoms with Crippen molar-refractivity contribution < 1.29 is 9.53 Å². The molecule has 0 spiro atoms. The van der Waals surface area contributed by atoms with Crippen LogP contribution in [0.1, 0.15) is 17.5 Å². The second-order valence-corrected chi connectivity index (χ2v) is 4.34. The number of hydrogen-bond acceptors (Lipinski definition) is 4. The number of carbonyl (C=O) groups is 1. The van der Waals surface area contributed by atoms with E-state index in [2.05, 4.69) is 15.7 Å². The molecule has 0 aromatic heterocycles. The zero-order valence-electron chi connectivity index (χ0n) is 10.1. The molecule has 4 nitrogen and oxygen atoms in total. The van der Waals surface area contributed by atoms with Crippen molar-refractivity contribution >= 4 is 11.7 Å².